The minimum atomic E-state index is -4.40. The van der Waals surface area contributed by atoms with E-state index in [2.05, 4.69) is 123 Å². The van der Waals surface area contributed by atoms with Gasteiger partial charge < -0.3 is 20.1 Å². The number of rotatable bonds is 75. The first-order chi connectivity index (χ1) is 46.3. The lowest BCUT2D eigenvalue weighted by Crippen LogP contribution is -2.29. The monoisotopic (exact) mass is 1330 g/mol. The summed E-state index contributed by atoms with van der Waals surface area (Å²) in [6.45, 7) is 3.67. The molecule has 0 heterocycles. The van der Waals surface area contributed by atoms with Gasteiger partial charge in [-0.15, -0.1) is 0 Å². The molecule has 0 radical (unpaired) electrons. The fraction of sp³-hybridized carbons (Fsp3) is 0.762. The zero-order valence-electron chi connectivity index (χ0n) is 61.4. The molecule has 0 saturated heterocycles. The molecule has 0 aliphatic rings. The largest absolute Gasteiger partial charge is 0.472 e. The van der Waals surface area contributed by atoms with E-state index >= 15 is 0 Å². The lowest BCUT2D eigenvalue weighted by molar-refractivity contribution is -0.161. The summed E-state index contributed by atoms with van der Waals surface area (Å²) in [5.74, 6) is -0.824. The molecule has 10 heteroatoms. The van der Waals surface area contributed by atoms with Gasteiger partial charge in [0, 0.05) is 19.4 Å². The van der Waals surface area contributed by atoms with Gasteiger partial charge in [0.25, 0.3) is 0 Å². The third-order valence-corrected chi connectivity index (χ3v) is 18.4. The number of hydrogen-bond acceptors (Lipinski definition) is 8. The molecule has 0 aromatic heterocycles. The average molecular weight is 1330 g/mol. The third kappa shape index (κ3) is 77.7. The van der Waals surface area contributed by atoms with E-state index in [1.165, 1.54) is 244 Å². The standard InChI is InChI=1S/C84H150NO8P/c1-3-5-7-9-11-13-15-17-19-21-23-25-27-29-31-33-35-37-39-41-43-45-47-49-51-53-55-57-59-61-63-65-67-69-71-73-75-77-84(87)93-82(81-92-94(88,89)91-79-78-85)80-90-83(86)76-74-72-70-68-66-64-62-60-58-56-54-52-50-48-46-44-42-40-38-36-34-32-30-28-26-24-22-20-18-16-14-12-10-8-6-4-2/h5,7,11,13,17,19,23,25,29,31,35,37,41,43,47,49,53,55,82H,3-4,6,8-10,12,14-16,18,20-22,24,26-28,30,32-34,36,38-40,42,44-46,48,50-52,54,56-81,85H2,1-2H3,(H,88,89)/b7-5-,13-11-,19-17-,25-23-,31-29-,37-35-,43-41-,49-47-,55-53-. The van der Waals surface area contributed by atoms with Crippen LogP contribution in [0.5, 0.6) is 0 Å². The molecule has 94 heavy (non-hydrogen) atoms. The molecular weight excluding hydrogens is 1180 g/mol. The number of ether oxygens (including phenoxy) is 2. The zero-order chi connectivity index (χ0) is 67.9. The van der Waals surface area contributed by atoms with Crippen molar-refractivity contribution in [2.24, 2.45) is 5.73 Å². The maximum absolute atomic E-state index is 12.8. The van der Waals surface area contributed by atoms with E-state index in [4.69, 9.17) is 24.3 Å². The van der Waals surface area contributed by atoms with E-state index in [1.807, 2.05) is 0 Å². The molecular formula is C84H150NO8P. The second-order valence-corrected chi connectivity index (χ2v) is 28.0. The second kappa shape index (κ2) is 78.7. The molecule has 3 N–H and O–H groups in total. The number of esters is 2. The van der Waals surface area contributed by atoms with Crippen LogP contribution in [-0.4, -0.2) is 49.3 Å². The van der Waals surface area contributed by atoms with Gasteiger partial charge >= 0.3 is 19.8 Å². The molecule has 0 spiro atoms. The van der Waals surface area contributed by atoms with Crippen molar-refractivity contribution in [3.05, 3.63) is 109 Å². The highest BCUT2D eigenvalue weighted by atomic mass is 31.2. The van der Waals surface area contributed by atoms with Gasteiger partial charge in [-0.1, -0.05) is 393 Å². The molecule has 0 rings (SSSR count). The predicted octanol–water partition coefficient (Wildman–Crippen LogP) is 26.8. The summed E-state index contributed by atoms with van der Waals surface area (Å²) < 4.78 is 33.3. The third-order valence-electron chi connectivity index (χ3n) is 17.4. The van der Waals surface area contributed by atoms with Gasteiger partial charge in [0.2, 0.25) is 0 Å². The van der Waals surface area contributed by atoms with Gasteiger partial charge in [-0.2, -0.15) is 0 Å². The van der Waals surface area contributed by atoms with Crippen molar-refractivity contribution in [1.82, 2.24) is 0 Å². The van der Waals surface area contributed by atoms with Gasteiger partial charge in [0.1, 0.15) is 6.61 Å². The minimum Gasteiger partial charge on any atom is -0.462 e. The van der Waals surface area contributed by atoms with Gasteiger partial charge in [-0.3, -0.25) is 18.6 Å². The Morgan fingerprint density at radius 1 is 0.330 bits per heavy atom. The summed E-state index contributed by atoms with van der Waals surface area (Å²) in [6.07, 6.45) is 109. The summed E-state index contributed by atoms with van der Waals surface area (Å²) in [5.41, 5.74) is 5.41. The lowest BCUT2D eigenvalue weighted by atomic mass is 10.0. The van der Waals surface area contributed by atoms with E-state index in [0.29, 0.717) is 6.42 Å². The first-order valence-electron chi connectivity index (χ1n) is 39.9. The van der Waals surface area contributed by atoms with Crippen LogP contribution < -0.4 is 5.73 Å². The van der Waals surface area contributed by atoms with Crippen LogP contribution in [0, 0.1) is 0 Å². The van der Waals surface area contributed by atoms with E-state index in [-0.39, 0.29) is 38.6 Å². The normalized spacial score (nSPS) is 13.4. The number of unbranched alkanes of at least 4 members (excludes halogenated alkanes) is 44. The predicted molar refractivity (Wildman–Crippen MR) is 408 cm³/mol. The number of hydrogen-bond donors (Lipinski definition) is 2. The van der Waals surface area contributed by atoms with Crippen molar-refractivity contribution in [2.75, 3.05) is 26.4 Å². The van der Waals surface area contributed by atoms with Crippen LogP contribution in [0.25, 0.3) is 0 Å². The molecule has 0 aromatic rings. The van der Waals surface area contributed by atoms with Crippen molar-refractivity contribution in [3.8, 4) is 0 Å². The Balaban J connectivity index is 3.84. The first-order valence-corrected chi connectivity index (χ1v) is 41.4. The molecule has 9 nitrogen and oxygen atoms in total. The Morgan fingerprint density at radius 3 is 0.872 bits per heavy atom. The van der Waals surface area contributed by atoms with Crippen molar-refractivity contribution in [2.45, 2.75) is 386 Å². The van der Waals surface area contributed by atoms with E-state index in [9.17, 15) is 19.0 Å². The molecule has 0 amide bonds. The van der Waals surface area contributed by atoms with Crippen molar-refractivity contribution in [1.29, 1.82) is 0 Å². The van der Waals surface area contributed by atoms with Gasteiger partial charge in [-0.05, 0) is 83.5 Å². The van der Waals surface area contributed by atoms with Gasteiger partial charge in [-0.25, -0.2) is 4.57 Å². The van der Waals surface area contributed by atoms with Gasteiger partial charge in [0.05, 0.1) is 13.2 Å². The molecule has 0 aromatic carbocycles. The number of nitrogens with two attached hydrogens (primary N) is 1. The quantitative estimate of drug-likeness (QED) is 0.0264. The summed E-state index contributed by atoms with van der Waals surface area (Å²) in [7, 11) is -4.40. The maximum Gasteiger partial charge on any atom is 0.472 e. The highest BCUT2D eigenvalue weighted by molar-refractivity contribution is 7.47. The Labute approximate surface area is 581 Å². The molecule has 2 atom stereocenters. The lowest BCUT2D eigenvalue weighted by Gasteiger charge is -2.19. The maximum atomic E-state index is 12.8. The van der Waals surface area contributed by atoms with Crippen LogP contribution in [0.2, 0.25) is 0 Å². The average Bonchev–Trinajstić information content (AvgIpc) is 3.18. The number of phosphoric acid groups is 1. The van der Waals surface area contributed by atoms with Crippen LogP contribution in [0.4, 0.5) is 0 Å². The number of carbonyl (C=O) groups is 2. The van der Waals surface area contributed by atoms with Crippen molar-refractivity contribution >= 4 is 19.8 Å². The summed E-state index contributed by atoms with van der Waals surface area (Å²) in [4.78, 5) is 35.5. The summed E-state index contributed by atoms with van der Waals surface area (Å²) in [6, 6.07) is 0. The zero-order valence-corrected chi connectivity index (χ0v) is 62.3. The Kier molecular flexibility index (Phi) is 75.9. The summed E-state index contributed by atoms with van der Waals surface area (Å²) in [5, 5.41) is 0. The smallest absolute Gasteiger partial charge is 0.462 e. The van der Waals surface area contributed by atoms with Crippen molar-refractivity contribution < 1.29 is 37.6 Å². The SMILES string of the molecule is CC/C=C\C/C=C\C/C=C\C/C=C\C/C=C\C/C=C\C/C=C\C/C=C\C/C=C\CCCCCCCCCCCC(=O)OC(COC(=O)CCCCCCCCCCCCCCCCCCCCCCCCCCCCCCCCCCCCCC)COP(=O)(O)OCCN. The highest BCUT2D eigenvalue weighted by Crippen LogP contribution is 2.43. The Hall–Kier alpha value is -3.33. The van der Waals surface area contributed by atoms with Crippen LogP contribution in [0.3, 0.4) is 0 Å². The first kappa shape index (κ1) is 90.7. The second-order valence-electron chi connectivity index (χ2n) is 26.6. The Bertz CT molecular complexity index is 1920. The molecule has 0 saturated carbocycles. The minimum absolute atomic E-state index is 0.0495. The molecule has 0 fully saturated rings. The number of phosphoric ester groups is 1. The summed E-state index contributed by atoms with van der Waals surface area (Å²) >= 11 is 0. The Morgan fingerprint density at radius 2 is 0.585 bits per heavy atom. The van der Waals surface area contributed by atoms with Crippen LogP contribution in [0.1, 0.15) is 380 Å². The highest BCUT2D eigenvalue weighted by Gasteiger charge is 2.26. The van der Waals surface area contributed by atoms with Crippen LogP contribution in [-0.2, 0) is 32.7 Å². The fourth-order valence-corrected chi connectivity index (χ4v) is 12.3. The van der Waals surface area contributed by atoms with Crippen molar-refractivity contribution in [3.63, 3.8) is 0 Å². The molecule has 0 aliphatic carbocycles. The topological polar surface area (TPSA) is 134 Å². The molecule has 0 bridgehead atoms. The van der Waals surface area contributed by atoms with Crippen LogP contribution in [0.15, 0.2) is 109 Å². The fourth-order valence-electron chi connectivity index (χ4n) is 11.6. The number of allylic oxidation sites excluding steroid dienone is 18. The van der Waals surface area contributed by atoms with E-state index in [0.717, 1.165) is 103 Å². The molecule has 0 aliphatic heterocycles. The molecule has 544 valence electrons. The van der Waals surface area contributed by atoms with Crippen LogP contribution >= 0.6 is 7.82 Å². The van der Waals surface area contributed by atoms with E-state index in [1.54, 1.807) is 0 Å². The van der Waals surface area contributed by atoms with E-state index < -0.39 is 26.5 Å². The number of carbonyl (C=O) groups excluding carboxylic acids is 2. The molecule has 2 unspecified atom stereocenters. The van der Waals surface area contributed by atoms with Gasteiger partial charge in [0.15, 0.2) is 6.10 Å².